The quantitative estimate of drug-likeness (QED) is 0.471. The number of amides is 1. The van der Waals surface area contributed by atoms with Gasteiger partial charge in [0.25, 0.3) is 0 Å². The van der Waals surface area contributed by atoms with E-state index in [1.807, 2.05) is 24.3 Å². The van der Waals surface area contributed by atoms with Crippen LogP contribution < -0.4 is 4.74 Å². The molecule has 3 aromatic rings. The van der Waals surface area contributed by atoms with Crippen LogP contribution in [0, 0.1) is 0 Å². The van der Waals surface area contributed by atoms with Gasteiger partial charge in [-0.05, 0) is 30.7 Å². The number of benzene rings is 2. The number of carbonyl (C=O) groups is 2. The second-order valence-electron chi connectivity index (χ2n) is 7.49. The van der Waals surface area contributed by atoms with Crippen molar-refractivity contribution in [3.05, 3.63) is 42.5 Å². The van der Waals surface area contributed by atoms with Gasteiger partial charge in [0.05, 0.1) is 17.5 Å². The zero-order chi connectivity index (χ0) is 20.9. The molecule has 0 aliphatic carbocycles. The van der Waals surface area contributed by atoms with Gasteiger partial charge in [0.15, 0.2) is 9.84 Å². The summed E-state index contributed by atoms with van der Waals surface area (Å²) in [5, 5.41) is 7.05. The lowest BCUT2D eigenvalue weighted by molar-refractivity contribution is -0.134. The summed E-state index contributed by atoms with van der Waals surface area (Å²) in [6.45, 7) is 0. The van der Waals surface area contributed by atoms with E-state index in [1.54, 1.807) is 18.2 Å². The summed E-state index contributed by atoms with van der Waals surface area (Å²) in [7, 11) is -3.18. The fourth-order valence-corrected chi connectivity index (χ4v) is 5.60. The van der Waals surface area contributed by atoms with Crippen LogP contribution in [0.15, 0.2) is 52.0 Å². The van der Waals surface area contributed by atoms with Crippen molar-refractivity contribution >= 4 is 49.4 Å². The third kappa shape index (κ3) is 3.35. The van der Waals surface area contributed by atoms with E-state index < -0.39 is 21.8 Å². The van der Waals surface area contributed by atoms with Gasteiger partial charge < -0.3 is 9.15 Å². The smallest absolute Gasteiger partial charge is 0.359 e. The molecule has 1 unspecified atom stereocenters. The molecule has 0 spiro atoms. The van der Waals surface area contributed by atoms with Crippen molar-refractivity contribution in [1.29, 1.82) is 0 Å². The first-order valence-electron chi connectivity index (χ1n) is 9.63. The largest absolute Gasteiger partial charge is 0.456 e. The van der Waals surface area contributed by atoms with Gasteiger partial charge in [-0.1, -0.05) is 18.2 Å². The molecule has 8 nitrogen and oxygen atoms in total. The third-order valence-electron chi connectivity index (χ3n) is 5.41. The fraction of sp³-hybridized carbons (Fsp3) is 0.286. The summed E-state index contributed by atoms with van der Waals surface area (Å²) in [4.78, 5) is 24.9. The predicted molar refractivity (Wildman–Crippen MR) is 110 cm³/mol. The molecule has 1 fully saturated rings. The lowest BCUT2D eigenvalue weighted by atomic mass is 10.1. The number of para-hydroxylation sites is 1. The van der Waals surface area contributed by atoms with E-state index in [9.17, 15) is 18.0 Å². The first-order chi connectivity index (χ1) is 14.4. The summed E-state index contributed by atoms with van der Waals surface area (Å²) < 4.78 is 34.7. The molecule has 30 heavy (non-hydrogen) atoms. The first-order valence-corrected chi connectivity index (χ1v) is 11.5. The molecule has 2 aromatic carbocycles. The summed E-state index contributed by atoms with van der Waals surface area (Å²) >= 11 is 0. The molecular weight excluding hydrogens is 408 g/mol. The Morgan fingerprint density at radius 1 is 1.10 bits per heavy atom. The maximum absolute atomic E-state index is 12.7. The lowest BCUT2D eigenvalue weighted by Crippen LogP contribution is -2.42. The molecule has 0 radical (unpaired) electrons. The van der Waals surface area contributed by atoms with E-state index >= 15 is 0 Å². The molecule has 9 heteroatoms. The molecule has 2 aliphatic rings. The Kier molecular flexibility index (Phi) is 4.35. The number of nitrogens with zero attached hydrogens (tertiary/aromatic N) is 2. The van der Waals surface area contributed by atoms with Crippen LogP contribution in [0.4, 0.5) is 0 Å². The molecular formula is C21H18N2O6S. The van der Waals surface area contributed by atoms with Gasteiger partial charge in [0.2, 0.25) is 5.91 Å². The van der Waals surface area contributed by atoms with Gasteiger partial charge in [0, 0.05) is 23.6 Å². The number of furan rings is 1. The normalized spacial score (nSPS) is 21.2. The van der Waals surface area contributed by atoms with Crippen LogP contribution in [0.25, 0.3) is 21.9 Å². The fourth-order valence-electron chi connectivity index (χ4n) is 3.91. The van der Waals surface area contributed by atoms with Gasteiger partial charge >= 0.3 is 5.97 Å². The van der Waals surface area contributed by atoms with E-state index in [0.717, 1.165) is 21.4 Å². The molecule has 3 heterocycles. The minimum Gasteiger partial charge on any atom is -0.456 e. The minimum atomic E-state index is -3.18. The van der Waals surface area contributed by atoms with Crippen molar-refractivity contribution in [3.63, 3.8) is 0 Å². The molecule has 0 bridgehead atoms. The average Bonchev–Trinajstić information content (AvgIpc) is 3.27. The Bertz CT molecular complexity index is 1320. The molecule has 1 saturated heterocycles. The Morgan fingerprint density at radius 3 is 2.70 bits per heavy atom. The molecule has 2 aliphatic heterocycles. The van der Waals surface area contributed by atoms with E-state index in [0.29, 0.717) is 17.8 Å². The highest BCUT2D eigenvalue weighted by atomic mass is 32.2. The van der Waals surface area contributed by atoms with E-state index in [4.69, 9.17) is 9.15 Å². The second-order valence-corrected chi connectivity index (χ2v) is 9.72. The first kappa shape index (κ1) is 18.8. The molecule has 0 saturated carbocycles. The van der Waals surface area contributed by atoms with Gasteiger partial charge in [-0.3, -0.25) is 4.79 Å². The number of rotatable bonds is 3. The molecule has 0 N–H and O–H groups in total. The number of hydrogen-bond acceptors (Lipinski definition) is 7. The van der Waals surface area contributed by atoms with Crippen LogP contribution in [0.3, 0.4) is 0 Å². The lowest BCUT2D eigenvalue weighted by Gasteiger charge is -2.27. The van der Waals surface area contributed by atoms with Crippen molar-refractivity contribution in [3.8, 4) is 5.75 Å². The van der Waals surface area contributed by atoms with Crippen molar-refractivity contribution in [2.24, 2.45) is 5.10 Å². The molecule has 1 amide bonds. The van der Waals surface area contributed by atoms with Crippen LogP contribution in [0.2, 0.25) is 0 Å². The van der Waals surface area contributed by atoms with Gasteiger partial charge in [0.1, 0.15) is 22.6 Å². The van der Waals surface area contributed by atoms with Crippen LogP contribution in [0.1, 0.15) is 19.3 Å². The zero-order valence-corrected chi connectivity index (χ0v) is 16.7. The standard InChI is InChI=1S/C21H18N2O6S/c24-20-8-6-17(22-23(20)13-9-10-30(26,27)12-13)21(25)28-14-5-7-19-16(11-14)15-3-1-2-4-18(15)29-19/h1-5,7,11,13H,6,8-10,12H2. The SMILES string of the molecule is O=C(Oc1ccc2oc3ccccc3c2c1)C1=NN(C2CCS(=O)(=O)C2)C(=O)CC1. The maximum atomic E-state index is 12.7. The monoisotopic (exact) mass is 426 g/mol. The highest BCUT2D eigenvalue weighted by Crippen LogP contribution is 2.31. The molecule has 1 atom stereocenters. The van der Waals surface area contributed by atoms with Crippen LogP contribution in [-0.2, 0) is 19.4 Å². The number of ether oxygens (including phenoxy) is 1. The van der Waals surface area contributed by atoms with Crippen LogP contribution in [0.5, 0.6) is 5.75 Å². The number of hydrogen-bond donors (Lipinski definition) is 0. The van der Waals surface area contributed by atoms with Crippen molar-refractivity contribution in [2.75, 3.05) is 11.5 Å². The summed E-state index contributed by atoms with van der Waals surface area (Å²) in [5.41, 5.74) is 1.54. The Balaban J connectivity index is 1.40. The van der Waals surface area contributed by atoms with E-state index in [2.05, 4.69) is 5.10 Å². The second kappa shape index (κ2) is 6.94. The van der Waals surface area contributed by atoms with Gasteiger partial charge in [-0.25, -0.2) is 18.2 Å². The average molecular weight is 426 g/mol. The van der Waals surface area contributed by atoms with Crippen LogP contribution >= 0.6 is 0 Å². The third-order valence-corrected chi connectivity index (χ3v) is 7.16. The minimum absolute atomic E-state index is 0.0232. The number of fused-ring (bicyclic) bond motifs is 3. The van der Waals surface area contributed by atoms with E-state index in [1.165, 1.54) is 0 Å². The number of esters is 1. The number of carbonyl (C=O) groups excluding carboxylic acids is 2. The van der Waals surface area contributed by atoms with Crippen molar-refractivity contribution in [1.82, 2.24) is 5.01 Å². The van der Waals surface area contributed by atoms with E-state index in [-0.39, 0.29) is 36.0 Å². The maximum Gasteiger partial charge on any atom is 0.359 e. The summed E-state index contributed by atoms with van der Waals surface area (Å²) in [6.07, 6.45) is 0.574. The summed E-state index contributed by atoms with van der Waals surface area (Å²) in [5.74, 6) is -0.696. The van der Waals surface area contributed by atoms with Gasteiger partial charge in [-0.15, -0.1) is 0 Å². The zero-order valence-electron chi connectivity index (χ0n) is 15.9. The highest BCUT2D eigenvalue weighted by Gasteiger charge is 2.37. The molecule has 5 rings (SSSR count). The van der Waals surface area contributed by atoms with Crippen molar-refractivity contribution < 1.29 is 27.2 Å². The topological polar surface area (TPSA) is 106 Å². The predicted octanol–water partition coefficient (Wildman–Crippen LogP) is 2.66. The van der Waals surface area contributed by atoms with Gasteiger partial charge in [-0.2, -0.15) is 5.10 Å². The summed E-state index contributed by atoms with van der Waals surface area (Å²) in [6, 6.07) is 12.2. The van der Waals surface area contributed by atoms with Crippen molar-refractivity contribution in [2.45, 2.75) is 25.3 Å². The Morgan fingerprint density at radius 2 is 1.90 bits per heavy atom. The Labute approximate surface area is 172 Å². The molecule has 154 valence electrons. The Hall–Kier alpha value is -3.20. The number of hydrazone groups is 1. The molecule has 1 aromatic heterocycles. The highest BCUT2D eigenvalue weighted by molar-refractivity contribution is 7.91. The number of sulfone groups is 1. The van der Waals surface area contributed by atoms with Crippen LogP contribution in [-0.4, -0.2) is 48.6 Å².